The minimum absolute atomic E-state index is 0.612. The lowest BCUT2D eigenvalue weighted by atomic mass is 10.1. The van der Waals surface area contributed by atoms with Crippen molar-refractivity contribution in [1.29, 1.82) is 5.26 Å². The monoisotopic (exact) mass is 460 g/mol. The van der Waals surface area contributed by atoms with Crippen LogP contribution < -0.4 is 15.4 Å². The van der Waals surface area contributed by atoms with Gasteiger partial charge in [0.25, 0.3) is 0 Å². The Labute approximate surface area is 201 Å². The summed E-state index contributed by atoms with van der Waals surface area (Å²) in [5.74, 6) is 0. The third-order valence-corrected chi connectivity index (χ3v) is 5.99. The number of hydrogen-bond acceptors (Lipinski definition) is 7. The molecule has 6 nitrogen and oxygen atoms in total. The molecular formula is C27H20N6S. The molecule has 0 amide bonds. The fourth-order valence-electron chi connectivity index (χ4n) is 3.43. The third kappa shape index (κ3) is 5.09. The van der Waals surface area contributed by atoms with Crippen molar-refractivity contribution in [2.75, 3.05) is 15.4 Å². The predicted octanol–water partition coefficient (Wildman–Crippen LogP) is 7.11. The topological polar surface area (TPSA) is 85.7 Å². The Hall–Kier alpha value is -4.54. The summed E-state index contributed by atoms with van der Waals surface area (Å²) < 4.78 is 3.38. The van der Waals surface area contributed by atoms with E-state index in [0.717, 1.165) is 44.2 Å². The maximum atomic E-state index is 9.21. The summed E-state index contributed by atoms with van der Waals surface area (Å²) in [6.45, 7) is 0. The molecule has 34 heavy (non-hydrogen) atoms. The molecule has 0 aliphatic heterocycles. The highest BCUT2D eigenvalue weighted by molar-refractivity contribution is 8.00. The van der Waals surface area contributed by atoms with Gasteiger partial charge in [-0.1, -0.05) is 0 Å². The van der Waals surface area contributed by atoms with Crippen LogP contribution in [0.2, 0.25) is 0 Å². The Bertz CT molecular complexity index is 1450. The molecule has 7 heteroatoms. The molecule has 0 bridgehead atoms. The van der Waals surface area contributed by atoms with Crippen LogP contribution in [0.4, 0.5) is 28.4 Å². The van der Waals surface area contributed by atoms with Crippen molar-refractivity contribution in [2.45, 2.75) is 4.90 Å². The first-order valence-electron chi connectivity index (χ1n) is 10.6. The van der Waals surface area contributed by atoms with Crippen molar-refractivity contribution in [3.8, 4) is 6.07 Å². The van der Waals surface area contributed by atoms with Crippen LogP contribution in [0.25, 0.3) is 10.9 Å². The smallest absolute Gasteiger partial charge is 0.0991 e. The van der Waals surface area contributed by atoms with Crippen molar-refractivity contribution >= 4 is 51.3 Å². The lowest BCUT2D eigenvalue weighted by molar-refractivity contribution is 1.32. The minimum Gasteiger partial charge on any atom is -0.355 e. The number of nitrogens with one attached hydrogen (secondary N) is 3. The number of hydrogen-bond donors (Lipinski definition) is 3. The zero-order valence-corrected chi connectivity index (χ0v) is 18.9. The van der Waals surface area contributed by atoms with Crippen LogP contribution >= 0.6 is 11.9 Å². The van der Waals surface area contributed by atoms with Gasteiger partial charge in [-0.2, -0.15) is 5.26 Å². The number of fused-ring (bicyclic) bond motifs is 1. The van der Waals surface area contributed by atoms with Gasteiger partial charge in [-0.15, -0.1) is 0 Å². The minimum atomic E-state index is 0.612. The van der Waals surface area contributed by atoms with Crippen LogP contribution in [0.15, 0.2) is 108 Å². The Balaban J connectivity index is 1.21. The van der Waals surface area contributed by atoms with E-state index in [1.807, 2.05) is 66.7 Å². The number of aromatic nitrogens is 2. The molecule has 0 atom stereocenters. The summed E-state index contributed by atoms with van der Waals surface area (Å²) in [4.78, 5) is 9.52. The normalized spacial score (nSPS) is 10.4. The van der Waals surface area contributed by atoms with Crippen molar-refractivity contribution in [2.24, 2.45) is 0 Å². The Morgan fingerprint density at radius 2 is 1.35 bits per heavy atom. The summed E-state index contributed by atoms with van der Waals surface area (Å²) in [6.07, 6.45) is 5.29. The quantitative estimate of drug-likeness (QED) is 0.223. The first-order valence-corrected chi connectivity index (χ1v) is 11.4. The van der Waals surface area contributed by atoms with E-state index in [1.54, 1.807) is 36.6 Å². The number of pyridine rings is 2. The SMILES string of the molecule is N#Cc1ccc2nccc(Nc3ccc(NSc4ccc(Nc5ccncc5)cc4)cc3)c2c1. The van der Waals surface area contributed by atoms with Crippen molar-refractivity contribution in [3.05, 3.63) is 109 Å². The number of nitriles is 1. The fourth-order valence-corrected chi connectivity index (χ4v) is 4.07. The molecule has 5 aromatic rings. The average Bonchev–Trinajstić information content (AvgIpc) is 2.90. The van der Waals surface area contributed by atoms with Crippen molar-refractivity contribution < 1.29 is 0 Å². The van der Waals surface area contributed by atoms with Crippen LogP contribution in [0, 0.1) is 11.3 Å². The fraction of sp³-hybridized carbons (Fsp3) is 0. The molecular weight excluding hydrogens is 440 g/mol. The van der Waals surface area contributed by atoms with E-state index < -0.39 is 0 Å². The molecule has 3 N–H and O–H groups in total. The molecule has 5 rings (SSSR count). The van der Waals surface area contributed by atoms with Gasteiger partial charge in [0, 0.05) is 57.3 Å². The number of anilines is 5. The van der Waals surface area contributed by atoms with Gasteiger partial charge in [-0.05, 0) is 96.9 Å². The van der Waals surface area contributed by atoms with Crippen LogP contribution in [-0.4, -0.2) is 9.97 Å². The summed E-state index contributed by atoms with van der Waals surface area (Å²) >= 11 is 1.56. The largest absolute Gasteiger partial charge is 0.355 e. The summed E-state index contributed by atoms with van der Waals surface area (Å²) in [7, 11) is 0. The van der Waals surface area contributed by atoms with Gasteiger partial charge in [0.15, 0.2) is 0 Å². The molecule has 0 fully saturated rings. The van der Waals surface area contributed by atoms with Gasteiger partial charge in [0.05, 0.1) is 17.1 Å². The van der Waals surface area contributed by atoms with E-state index in [9.17, 15) is 5.26 Å². The van der Waals surface area contributed by atoms with Crippen LogP contribution in [0.1, 0.15) is 5.56 Å². The molecule has 0 aliphatic carbocycles. The van der Waals surface area contributed by atoms with Gasteiger partial charge in [-0.3, -0.25) is 9.97 Å². The number of benzene rings is 3. The Morgan fingerprint density at radius 1 is 0.676 bits per heavy atom. The molecule has 0 saturated carbocycles. The zero-order chi connectivity index (χ0) is 23.2. The number of rotatable bonds is 7. The van der Waals surface area contributed by atoms with Gasteiger partial charge in [-0.25, -0.2) is 0 Å². The molecule has 2 heterocycles. The highest BCUT2D eigenvalue weighted by Gasteiger charge is 2.05. The van der Waals surface area contributed by atoms with Crippen LogP contribution in [0.3, 0.4) is 0 Å². The molecule has 0 aliphatic rings. The van der Waals surface area contributed by atoms with E-state index >= 15 is 0 Å². The predicted molar refractivity (Wildman–Crippen MR) is 140 cm³/mol. The lowest BCUT2D eigenvalue weighted by Crippen LogP contribution is -1.94. The highest BCUT2D eigenvalue weighted by atomic mass is 32.2. The lowest BCUT2D eigenvalue weighted by Gasteiger charge is -2.11. The molecule has 2 aromatic heterocycles. The summed E-state index contributed by atoms with van der Waals surface area (Å²) in [5, 5.41) is 16.9. The van der Waals surface area contributed by atoms with Gasteiger partial charge >= 0.3 is 0 Å². The summed E-state index contributed by atoms with van der Waals surface area (Å²) in [6, 6.07) is 29.8. The molecule has 3 aromatic carbocycles. The molecule has 0 unspecified atom stereocenters. The first kappa shape index (κ1) is 21.3. The van der Waals surface area contributed by atoms with E-state index in [1.165, 1.54) is 0 Å². The average molecular weight is 461 g/mol. The van der Waals surface area contributed by atoms with E-state index in [2.05, 4.69) is 43.5 Å². The van der Waals surface area contributed by atoms with Crippen molar-refractivity contribution in [3.63, 3.8) is 0 Å². The third-order valence-electron chi connectivity index (χ3n) is 5.14. The molecule has 0 spiro atoms. The van der Waals surface area contributed by atoms with Gasteiger partial charge < -0.3 is 15.4 Å². The second-order valence-corrected chi connectivity index (χ2v) is 8.37. The van der Waals surface area contributed by atoms with Gasteiger partial charge in [0.2, 0.25) is 0 Å². The second-order valence-electron chi connectivity index (χ2n) is 7.49. The first-order chi connectivity index (χ1) is 16.8. The molecule has 164 valence electrons. The van der Waals surface area contributed by atoms with E-state index in [0.29, 0.717) is 5.56 Å². The highest BCUT2D eigenvalue weighted by Crippen LogP contribution is 2.28. The Kier molecular flexibility index (Phi) is 6.23. The van der Waals surface area contributed by atoms with E-state index in [4.69, 9.17) is 0 Å². The molecule has 0 saturated heterocycles. The Morgan fingerprint density at radius 3 is 2.12 bits per heavy atom. The maximum Gasteiger partial charge on any atom is 0.0991 e. The summed E-state index contributed by atoms with van der Waals surface area (Å²) in [5.41, 5.74) is 6.36. The van der Waals surface area contributed by atoms with Crippen molar-refractivity contribution in [1.82, 2.24) is 9.97 Å². The van der Waals surface area contributed by atoms with Crippen LogP contribution in [0.5, 0.6) is 0 Å². The van der Waals surface area contributed by atoms with Crippen LogP contribution in [-0.2, 0) is 0 Å². The standard InChI is InChI=1S/C27H20N6S/c28-18-19-1-10-26-25(17-19)27(13-16-30-26)32-21-2-4-23(5-3-21)33-34-24-8-6-20(7-9-24)31-22-11-14-29-15-12-22/h1-17,33H,(H,29,31)(H,30,32). The zero-order valence-electron chi connectivity index (χ0n) is 18.1. The maximum absolute atomic E-state index is 9.21. The second kappa shape index (κ2) is 9.94. The molecule has 0 radical (unpaired) electrons. The van der Waals surface area contributed by atoms with E-state index in [-0.39, 0.29) is 0 Å². The number of nitrogens with zero attached hydrogens (tertiary/aromatic N) is 3. The van der Waals surface area contributed by atoms with Gasteiger partial charge in [0.1, 0.15) is 0 Å².